The van der Waals surface area contributed by atoms with Crippen LogP contribution in [0.1, 0.15) is 23.1 Å². The lowest BCUT2D eigenvalue weighted by Gasteiger charge is -2.11. The Morgan fingerprint density at radius 1 is 0.957 bits per heavy atom. The highest BCUT2D eigenvalue weighted by Gasteiger charge is 2.12. The van der Waals surface area contributed by atoms with Crippen molar-refractivity contribution in [1.82, 2.24) is 0 Å². The first-order valence-corrected chi connectivity index (χ1v) is 7.66. The molecule has 0 bridgehead atoms. The van der Waals surface area contributed by atoms with E-state index in [0.29, 0.717) is 10.7 Å². The molecule has 4 nitrogen and oxygen atoms in total. The Hall–Kier alpha value is -2.33. The third kappa shape index (κ3) is 4.57. The Labute approximate surface area is 140 Å². The van der Waals surface area contributed by atoms with Crippen molar-refractivity contribution in [2.24, 2.45) is 0 Å². The van der Waals surface area contributed by atoms with E-state index in [0.717, 1.165) is 22.4 Å². The monoisotopic (exact) mass is 330 g/mol. The van der Waals surface area contributed by atoms with Crippen molar-refractivity contribution >= 4 is 34.8 Å². The first-order valence-electron chi connectivity index (χ1n) is 7.29. The van der Waals surface area contributed by atoms with E-state index in [-0.39, 0.29) is 18.2 Å². The van der Waals surface area contributed by atoms with E-state index in [2.05, 4.69) is 10.6 Å². The molecule has 0 saturated carbocycles. The van der Waals surface area contributed by atoms with Crippen molar-refractivity contribution in [2.45, 2.75) is 27.2 Å². The zero-order chi connectivity index (χ0) is 17.0. The molecule has 2 aromatic rings. The molecular weight excluding hydrogens is 312 g/mol. The van der Waals surface area contributed by atoms with Crippen molar-refractivity contribution in [2.75, 3.05) is 10.6 Å². The molecule has 0 radical (unpaired) electrons. The van der Waals surface area contributed by atoms with Crippen LogP contribution >= 0.6 is 11.6 Å². The molecule has 0 unspecified atom stereocenters. The largest absolute Gasteiger partial charge is 0.325 e. The molecule has 120 valence electrons. The fourth-order valence-corrected chi connectivity index (χ4v) is 2.32. The van der Waals surface area contributed by atoms with Gasteiger partial charge in [-0.15, -0.1) is 0 Å². The Morgan fingerprint density at radius 3 is 2.30 bits per heavy atom. The normalized spacial score (nSPS) is 10.3. The summed E-state index contributed by atoms with van der Waals surface area (Å²) in [5.41, 5.74) is 4.11. The van der Waals surface area contributed by atoms with Crippen LogP contribution in [0, 0.1) is 20.8 Å². The van der Waals surface area contributed by atoms with E-state index in [1.54, 1.807) is 18.2 Å². The van der Waals surface area contributed by atoms with Crippen LogP contribution in [-0.2, 0) is 9.59 Å². The summed E-state index contributed by atoms with van der Waals surface area (Å²) in [4.78, 5) is 24.0. The van der Waals surface area contributed by atoms with Crippen molar-refractivity contribution in [3.05, 3.63) is 58.1 Å². The lowest BCUT2D eigenvalue weighted by molar-refractivity contribution is -0.123. The zero-order valence-electron chi connectivity index (χ0n) is 13.4. The van der Waals surface area contributed by atoms with Crippen molar-refractivity contribution < 1.29 is 9.59 Å². The number of carbonyl (C=O) groups excluding carboxylic acids is 2. The average molecular weight is 331 g/mol. The average Bonchev–Trinajstić information content (AvgIpc) is 2.47. The van der Waals surface area contributed by atoms with Crippen LogP contribution in [0.2, 0.25) is 5.02 Å². The molecule has 2 amide bonds. The highest BCUT2D eigenvalue weighted by Crippen LogP contribution is 2.23. The molecule has 0 aromatic heterocycles. The minimum Gasteiger partial charge on any atom is -0.325 e. The van der Waals surface area contributed by atoms with Gasteiger partial charge < -0.3 is 10.6 Å². The number of nitrogens with one attached hydrogen (secondary N) is 2. The summed E-state index contributed by atoms with van der Waals surface area (Å²) in [5, 5.41) is 6.05. The first-order chi connectivity index (χ1) is 10.9. The van der Waals surface area contributed by atoms with Crippen LogP contribution in [0.15, 0.2) is 36.4 Å². The number of rotatable bonds is 4. The summed E-state index contributed by atoms with van der Waals surface area (Å²) in [6.07, 6.45) is -0.251. The van der Waals surface area contributed by atoms with Gasteiger partial charge in [-0.25, -0.2) is 0 Å². The van der Waals surface area contributed by atoms with Gasteiger partial charge in [-0.3, -0.25) is 9.59 Å². The standard InChI is InChI=1S/C18H19ClN2O2/c1-11-7-8-12(2)16(9-11)21-18(23)10-17(22)20-15-6-4-5-14(19)13(15)3/h4-9H,10H2,1-3H3,(H,20,22)(H,21,23). The number of hydrogen-bond acceptors (Lipinski definition) is 2. The smallest absolute Gasteiger partial charge is 0.233 e. The van der Waals surface area contributed by atoms with Gasteiger partial charge >= 0.3 is 0 Å². The molecule has 0 aliphatic carbocycles. The van der Waals surface area contributed by atoms with Crippen molar-refractivity contribution in [3.8, 4) is 0 Å². The fraction of sp³-hybridized carbons (Fsp3) is 0.222. The molecule has 0 aliphatic rings. The minimum atomic E-state index is -0.377. The number of benzene rings is 2. The van der Waals surface area contributed by atoms with Crippen LogP contribution in [0.4, 0.5) is 11.4 Å². The molecule has 23 heavy (non-hydrogen) atoms. The quantitative estimate of drug-likeness (QED) is 0.824. The van der Waals surface area contributed by atoms with Crippen LogP contribution < -0.4 is 10.6 Å². The molecule has 0 heterocycles. The Morgan fingerprint density at radius 2 is 1.61 bits per heavy atom. The van der Waals surface area contributed by atoms with Gasteiger partial charge in [0.25, 0.3) is 0 Å². The maximum atomic E-state index is 12.0. The number of hydrogen-bond donors (Lipinski definition) is 2. The maximum absolute atomic E-state index is 12.0. The van der Waals surface area contributed by atoms with Gasteiger partial charge in [0.1, 0.15) is 6.42 Å². The van der Waals surface area contributed by atoms with Gasteiger partial charge in [0.2, 0.25) is 11.8 Å². The molecule has 0 saturated heterocycles. The Balaban J connectivity index is 1.98. The molecule has 2 aromatic carbocycles. The number of aryl methyl sites for hydroxylation is 2. The minimum absolute atomic E-state index is 0.251. The van der Waals surface area contributed by atoms with Gasteiger partial charge in [0.05, 0.1) is 0 Å². The Kier molecular flexibility index (Phi) is 5.40. The molecular formula is C18H19ClN2O2. The summed E-state index contributed by atoms with van der Waals surface area (Å²) in [6.45, 7) is 5.67. The van der Waals surface area contributed by atoms with Gasteiger partial charge in [-0.1, -0.05) is 29.8 Å². The summed E-state index contributed by atoms with van der Waals surface area (Å²) < 4.78 is 0. The van der Waals surface area contributed by atoms with E-state index >= 15 is 0 Å². The van der Waals surface area contributed by atoms with E-state index < -0.39 is 0 Å². The molecule has 0 fully saturated rings. The Bertz CT molecular complexity index is 743. The second-order valence-electron chi connectivity index (χ2n) is 5.50. The van der Waals surface area contributed by atoms with Gasteiger partial charge in [0, 0.05) is 16.4 Å². The third-order valence-corrected chi connectivity index (χ3v) is 3.94. The number of halogens is 1. The fourth-order valence-electron chi connectivity index (χ4n) is 2.15. The molecule has 2 rings (SSSR count). The first kappa shape index (κ1) is 17.0. The molecule has 0 spiro atoms. The highest BCUT2D eigenvalue weighted by atomic mass is 35.5. The second kappa shape index (κ2) is 7.29. The van der Waals surface area contributed by atoms with E-state index in [1.807, 2.05) is 39.0 Å². The van der Waals surface area contributed by atoms with E-state index in [9.17, 15) is 9.59 Å². The van der Waals surface area contributed by atoms with Crippen LogP contribution in [0.5, 0.6) is 0 Å². The molecule has 0 aliphatic heterocycles. The van der Waals surface area contributed by atoms with Crippen LogP contribution in [0.25, 0.3) is 0 Å². The van der Waals surface area contributed by atoms with Crippen molar-refractivity contribution in [1.29, 1.82) is 0 Å². The maximum Gasteiger partial charge on any atom is 0.233 e. The summed E-state index contributed by atoms with van der Waals surface area (Å²) in [6, 6.07) is 11.0. The van der Waals surface area contributed by atoms with Crippen molar-refractivity contribution in [3.63, 3.8) is 0 Å². The topological polar surface area (TPSA) is 58.2 Å². The van der Waals surface area contributed by atoms with Gasteiger partial charge in [-0.05, 0) is 55.7 Å². The molecule has 2 N–H and O–H groups in total. The molecule has 5 heteroatoms. The highest BCUT2D eigenvalue weighted by molar-refractivity contribution is 6.31. The number of anilines is 2. The summed E-state index contributed by atoms with van der Waals surface area (Å²) in [7, 11) is 0. The van der Waals surface area contributed by atoms with E-state index in [1.165, 1.54) is 0 Å². The SMILES string of the molecule is Cc1ccc(C)c(NC(=O)CC(=O)Nc2cccc(Cl)c2C)c1. The predicted molar refractivity (Wildman–Crippen MR) is 94.0 cm³/mol. The van der Waals surface area contributed by atoms with Gasteiger partial charge in [0.15, 0.2) is 0 Å². The van der Waals surface area contributed by atoms with Gasteiger partial charge in [-0.2, -0.15) is 0 Å². The third-order valence-electron chi connectivity index (χ3n) is 3.53. The lowest BCUT2D eigenvalue weighted by Crippen LogP contribution is -2.22. The second-order valence-corrected chi connectivity index (χ2v) is 5.91. The zero-order valence-corrected chi connectivity index (χ0v) is 14.1. The van der Waals surface area contributed by atoms with Crippen LogP contribution in [-0.4, -0.2) is 11.8 Å². The molecule has 0 atom stereocenters. The summed E-state index contributed by atoms with van der Waals surface area (Å²) >= 11 is 6.01. The lowest BCUT2D eigenvalue weighted by atomic mass is 10.1. The number of carbonyl (C=O) groups is 2. The van der Waals surface area contributed by atoms with Crippen LogP contribution in [0.3, 0.4) is 0 Å². The summed E-state index contributed by atoms with van der Waals surface area (Å²) in [5.74, 6) is -0.728. The predicted octanol–water partition coefficient (Wildman–Crippen LogP) is 4.23. The van der Waals surface area contributed by atoms with E-state index in [4.69, 9.17) is 11.6 Å². The number of amides is 2.